The van der Waals surface area contributed by atoms with Crippen molar-refractivity contribution in [1.82, 2.24) is 10.6 Å². The number of aromatic hydroxyl groups is 1. The molecule has 138 valence electrons. The zero-order chi connectivity index (χ0) is 18.8. The monoisotopic (exact) mass is 376 g/mol. The second-order valence-corrected chi connectivity index (χ2v) is 5.91. The maximum Gasteiger partial charge on any atom is 0.255 e. The average molecular weight is 377 g/mol. The highest BCUT2D eigenvalue weighted by Crippen LogP contribution is 2.23. The predicted molar refractivity (Wildman–Crippen MR) is 99.6 cm³/mol. The van der Waals surface area contributed by atoms with Gasteiger partial charge in [-0.15, -0.1) is 0 Å². The van der Waals surface area contributed by atoms with Crippen LogP contribution in [-0.2, 0) is 4.79 Å². The van der Waals surface area contributed by atoms with E-state index < -0.39 is 0 Å². The summed E-state index contributed by atoms with van der Waals surface area (Å²) in [5.41, 5.74) is 0.204. The predicted octanol–water partition coefficient (Wildman–Crippen LogP) is 2.75. The van der Waals surface area contributed by atoms with Crippen LogP contribution in [0, 0.1) is 0 Å². The first kappa shape index (κ1) is 19.6. The molecule has 7 heteroatoms. The zero-order valence-electron chi connectivity index (χ0n) is 14.2. The summed E-state index contributed by atoms with van der Waals surface area (Å²) in [6.07, 6.45) is 0.874. The molecule has 0 heterocycles. The summed E-state index contributed by atoms with van der Waals surface area (Å²) in [4.78, 5) is 23.6. The van der Waals surface area contributed by atoms with Crippen molar-refractivity contribution in [3.63, 3.8) is 0 Å². The van der Waals surface area contributed by atoms with Crippen molar-refractivity contribution in [2.75, 3.05) is 19.7 Å². The standard InChI is InChI=1S/C19H21ClN2O4/c20-15-7-2-4-9-17(15)26-13-5-10-18(24)21-11-12-22-19(25)14-6-1-3-8-16(14)23/h1-4,6-9,23H,5,10-13H2,(H,21,24)(H,22,25). The lowest BCUT2D eigenvalue weighted by Crippen LogP contribution is -2.34. The first-order chi connectivity index (χ1) is 12.6. The summed E-state index contributed by atoms with van der Waals surface area (Å²) in [6, 6.07) is 13.5. The van der Waals surface area contributed by atoms with Gasteiger partial charge >= 0.3 is 0 Å². The molecule has 0 atom stereocenters. The SMILES string of the molecule is O=C(CCCOc1ccccc1Cl)NCCNC(=O)c1ccccc1O. The molecule has 2 rings (SSSR count). The van der Waals surface area contributed by atoms with Crippen molar-refractivity contribution in [3.05, 3.63) is 59.1 Å². The van der Waals surface area contributed by atoms with Crippen LogP contribution in [0.25, 0.3) is 0 Å². The quantitative estimate of drug-likeness (QED) is 0.587. The molecule has 0 aliphatic carbocycles. The minimum Gasteiger partial charge on any atom is -0.507 e. The largest absolute Gasteiger partial charge is 0.507 e. The number of phenolic OH excluding ortho intramolecular Hbond substituents is 1. The van der Waals surface area contributed by atoms with E-state index >= 15 is 0 Å². The normalized spacial score (nSPS) is 10.2. The number of para-hydroxylation sites is 2. The number of hydrogen-bond acceptors (Lipinski definition) is 4. The van der Waals surface area contributed by atoms with Crippen molar-refractivity contribution in [2.45, 2.75) is 12.8 Å². The van der Waals surface area contributed by atoms with Gasteiger partial charge in [-0.05, 0) is 30.7 Å². The molecule has 0 unspecified atom stereocenters. The summed E-state index contributed by atoms with van der Waals surface area (Å²) in [5, 5.41) is 15.5. The third-order valence-electron chi connectivity index (χ3n) is 3.52. The van der Waals surface area contributed by atoms with Crippen molar-refractivity contribution < 1.29 is 19.4 Å². The van der Waals surface area contributed by atoms with E-state index in [0.29, 0.717) is 36.8 Å². The van der Waals surface area contributed by atoms with Crippen LogP contribution >= 0.6 is 11.6 Å². The Morgan fingerprint density at radius 2 is 1.69 bits per heavy atom. The fourth-order valence-electron chi connectivity index (χ4n) is 2.20. The highest BCUT2D eigenvalue weighted by molar-refractivity contribution is 6.32. The number of halogens is 1. The molecule has 0 saturated carbocycles. The van der Waals surface area contributed by atoms with Gasteiger partial charge in [0, 0.05) is 19.5 Å². The van der Waals surface area contributed by atoms with Gasteiger partial charge in [-0.1, -0.05) is 35.9 Å². The number of carbonyl (C=O) groups excluding carboxylic acids is 2. The molecular weight excluding hydrogens is 356 g/mol. The van der Waals surface area contributed by atoms with Crippen LogP contribution in [0.2, 0.25) is 5.02 Å². The second-order valence-electron chi connectivity index (χ2n) is 5.51. The number of nitrogens with one attached hydrogen (secondary N) is 2. The maximum atomic E-state index is 11.9. The molecular formula is C19H21ClN2O4. The Morgan fingerprint density at radius 3 is 2.46 bits per heavy atom. The molecule has 3 N–H and O–H groups in total. The van der Waals surface area contributed by atoms with Gasteiger partial charge in [0.25, 0.3) is 5.91 Å². The Kier molecular flexibility index (Phi) is 7.76. The number of hydrogen-bond donors (Lipinski definition) is 3. The summed E-state index contributed by atoms with van der Waals surface area (Å²) in [5.74, 6) is 0.0176. The number of carbonyl (C=O) groups is 2. The number of ether oxygens (including phenoxy) is 1. The first-order valence-electron chi connectivity index (χ1n) is 8.28. The molecule has 0 saturated heterocycles. The van der Waals surface area contributed by atoms with Gasteiger partial charge in [-0.3, -0.25) is 9.59 Å². The molecule has 0 bridgehead atoms. The van der Waals surface area contributed by atoms with Gasteiger partial charge in [0.1, 0.15) is 11.5 Å². The van der Waals surface area contributed by atoms with E-state index in [-0.39, 0.29) is 29.7 Å². The van der Waals surface area contributed by atoms with E-state index in [1.54, 1.807) is 24.3 Å². The number of rotatable bonds is 9. The fourth-order valence-corrected chi connectivity index (χ4v) is 2.39. The first-order valence-corrected chi connectivity index (χ1v) is 8.66. The van der Waals surface area contributed by atoms with Crippen LogP contribution < -0.4 is 15.4 Å². The van der Waals surface area contributed by atoms with Crippen molar-refractivity contribution in [1.29, 1.82) is 0 Å². The lowest BCUT2D eigenvalue weighted by molar-refractivity contribution is -0.121. The topological polar surface area (TPSA) is 87.7 Å². The Bertz CT molecular complexity index is 752. The summed E-state index contributed by atoms with van der Waals surface area (Å²) in [7, 11) is 0. The van der Waals surface area contributed by atoms with Gasteiger partial charge in [-0.25, -0.2) is 0 Å². The Labute approximate surface area is 157 Å². The zero-order valence-corrected chi connectivity index (χ0v) is 15.0. The smallest absolute Gasteiger partial charge is 0.255 e. The van der Waals surface area contributed by atoms with Crippen LogP contribution in [0.3, 0.4) is 0 Å². The molecule has 2 aromatic carbocycles. The number of amides is 2. The summed E-state index contributed by atoms with van der Waals surface area (Å²) >= 11 is 5.98. The lowest BCUT2D eigenvalue weighted by atomic mass is 10.2. The average Bonchev–Trinajstić information content (AvgIpc) is 2.64. The minimum atomic E-state index is -0.384. The van der Waals surface area contributed by atoms with E-state index in [1.807, 2.05) is 12.1 Å². The molecule has 0 aliphatic rings. The maximum absolute atomic E-state index is 11.9. The molecule has 0 radical (unpaired) electrons. The fraction of sp³-hybridized carbons (Fsp3) is 0.263. The van der Waals surface area contributed by atoms with Gasteiger partial charge in [0.05, 0.1) is 17.2 Å². The molecule has 26 heavy (non-hydrogen) atoms. The third kappa shape index (κ3) is 6.29. The van der Waals surface area contributed by atoms with E-state index in [4.69, 9.17) is 16.3 Å². The van der Waals surface area contributed by atoms with Crippen LogP contribution in [0.4, 0.5) is 0 Å². The van der Waals surface area contributed by atoms with E-state index in [1.165, 1.54) is 12.1 Å². The van der Waals surface area contributed by atoms with Gasteiger partial charge in [0.2, 0.25) is 5.91 Å². The van der Waals surface area contributed by atoms with Crippen LogP contribution in [-0.4, -0.2) is 36.6 Å². The van der Waals surface area contributed by atoms with Crippen LogP contribution in [0.15, 0.2) is 48.5 Å². The third-order valence-corrected chi connectivity index (χ3v) is 3.84. The number of benzene rings is 2. The minimum absolute atomic E-state index is 0.0763. The lowest BCUT2D eigenvalue weighted by Gasteiger charge is -2.09. The highest BCUT2D eigenvalue weighted by Gasteiger charge is 2.09. The van der Waals surface area contributed by atoms with Gasteiger partial charge in [-0.2, -0.15) is 0 Å². The Morgan fingerprint density at radius 1 is 1.00 bits per heavy atom. The molecule has 2 aromatic rings. The van der Waals surface area contributed by atoms with Crippen LogP contribution in [0.5, 0.6) is 11.5 Å². The highest BCUT2D eigenvalue weighted by atomic mass is 35.5. The second kappa shape index (κ2) is 10.3. The molecule has 0 aromatic heterocycles. The molecule has 0 fully saturated rings. The summed E-state index contributed by atoms with van der Waals surface area (Å²) < 4.78 is 5.51. The van der Waals surface area contributed by atoms with Crippen molar-refractivity contribution >= 4 is 23.4 Å². The molecule has 2 amide bonds. The van der Waals surface area contributed by atoms with E-state index in [0.717, 1.165) is 0 Å². The van der Waals surface area contributed by atoms with E-state index in [2.05, 4.69) is 10.6 Å². The van der Waals surface area contributed by atoms with Gasteiger partial charge in [0.15, 0.2) is 0 Å². The van der Waals surface area contributed by atoms with E-state index in [9.17, 15) is 14.7 Å². The Balaban J connectivity index is 1.57. The molecule has 0 aliphatic heterocycles. The summed E-state index contributed by atoms with van der Waals surface area (Å²) in [6.45, 7) is 0.972. The van der Waals surface area contributed by atoms with Crippen molar-refractivity contribution in [2.24, 2.45) is 0 Å². The molecule has 6 nitrogen and oxygen atoms in total. The Hall–Kier alpha value is -2.73. The molecule has 0 spiro atoms. The van der Waals surface area contributed by atoms with Crippen LogP contribution in [0.1, 0.15) is 23.2 Å². The van der Waals surface area contributed by atoms with Crippen molar-refractivity contribution in [3.8, 4) is 11.5 Å². The number of phenols is 1. The van der Waals surface area contributed by atoms with Gasteiger partial charge < -0.3 is 20.5 Å².